The van der Waals surface area contributed by atoms with Gasteiger partial charge in [-0.1, -0.05) is 23.2 Å². The molecule has 0 bridgehead atoms. The van der Waals surface area contributed by atoms with Gasteiger partial charge in [-0.05, 0) is 36.6 Å². The first-order chi connectivity index (χ1) is 9.02. The number of amides is 1. The molecule has 104 valence electrons. The largest absolute Gasteiger partial charge is 0.394 e. The van der Waals surface area contributed by atoms with E-state index in [1.54, 1.807) is 0 Å². The van der Waals surface area contributed by atoms with Gasteiger partial charge in [-0.2, -0.15) is 0 Å². The Morgan fingerprint density at radius 3 is 2.58 bits per heavy atom. The molecule has 2 atom stereocenters. The molecule has 0 aliphatic carbocycles. The van der Waals surface area contributed by atoms with Crippen LogP contribution in [0.2, 0.25) is 10.0 Å². The van der Waals surface area contributed by atoms with Gasteiger partial charge < -0.3 is 15.1 Å². The van der Waals surface area contributed by atoms with E-state index in [0.717, 1.165) is 12.8 Å². The predicted molar refractivity (Wildman–Crippen MR) is 73.2 cm³/mol. The van der Waals surface area contributed by atoms with Gasteiger partial charge in [-0.3, -0.25) is 4.79 Å². The summed E-state index contributed by atoms with van der Waals surface area (Å²) in [4.78, 5) is 13.7. The second-order valence-electron chi connectivity index (χ2n) is 4.62. The zero-order chi connectivity index (χ0) is 14.0. The van der Waals surface area contributed by atoms with Gasteiger partial charge in [0.25, 0.3) is 5.91 Å². The Bertz CT molecular complexity index is 461. The number of carbonyl (C=O) groups excluding carboxylic acids is 1. The molecule has 1 aromatic carbocycles. The summed E-state index contributed by atoms with van der Waals surface area (Å²) in [6.07, 6.45) is 0.286. The highest BCUT2D eigenvalue weighted by atomic mass is 35.5. The van der Waals surface area contributed by atoms with Gasteiger partial charge in [-0.15, -0.1) is 0 Å². The molecule has 0 aromatic heterocycles. The third kappa shape index (κ3) is 3.20. The quantitative estimate of drug-likeness (QED) is 0.898. The summed E-state index contributed by atoms with van der Waals surface area (Å²) in [6, 6.07) is 4.35. The van der Waals surface area contributed by atoms with Crippen molar-refractivity contribution in [3.05, 3.63) is 33.8 Å². The number of benzene rings is 1. The van der Waals surface area contributed by atoms with Crippen LogP contribution in [0, 0.1) is 0 Å². The lowest BCUT2D eigenvalue weighted by atomic mass is 10.1. The Labute approximate surface area is 121 Å². The zero-order valence-electron chi connectivity index (χ0n) is 10.2. The summed E-state index contributed by atoms with van der Waals surface area (Å²) in [5.74, 6) is -0.421. The highest BCUT2D eigenvalue weighted by Crippen LogP contribution is 2.27. The van der Waals surface area contributed by atoms with E-state index >= 15 is 0 Å². The van der Waals surface area contributed by atoms with Crippen LogP contribution < -0.4 is 0 Å². The van der Waals surface area contributed by atoms with E-state index in [2.05, 4.69) is 0 Å². The first kappa shape index (κ1) is 14.6. The third-order valence-corrected chi connectivity index (χ3v) is 3.74. The molecule has 1 aliphatic rings. The summed E-state index contributed by atoms with van der Waals surface area (Å²) < 4.78 is 0. The molecule has 0 spiro atoms. The summed E-state index contributed by atoms with van der Waals surface area (Å²) in [6.45, 7) is 0.462. The zero-order valence-corrected chi connectivity index (χ0v) is 11.7. The third-order valence-electron chi connectivity index (χ3n) is 3.31. The number of carbonyl (C=O) groups is 1. The van der Waals surface area contributed by atoms with Gasteiger partial charge >= 0.3 is 0 Å². The number of aliphatic hydroxyl groups excluding tert-OH is 2. The smallest absolute Gasteiger partial charge is 0.256 e. The molecule has 2 N–H and O–H groups in total. The fourth-order valence-corrected chi connectivity index (χ4v) is 2.89. The minimum Gasteiger partial charge on any atom is -0.394 e. The van der Waals surface area contributed by atoms with E-state index < -0.39 is 12.0 Å². The summed E-state index contributed by atoms with van der Waals surface area (Å²) in [5, 5.41) is 20.1. The Hall–Kier alpha value is -0.810. The van der Waals surface area contributed by atoms with E-state index in [1.807, 2.05) is 0 Å². The SMILES string of the molecule is O=C([C@H](O)c1cc(Cl)cc(Cl)c1)N1CCC[C@@H]1CO. The van der Waals surface area contributed by atoms with Crippen molar-refractivity contribution in [1.29, 1.82) is 0 Å². The Morgan fingerprint density at radius 2 is 2.00 bits per heavy atom. The monoisotopic (exact) mass is 303 g/mol. The number of nitrogens with zero attached hydrogens (tertiary/aromatic N) is 1. The molecule has 0 unspecified atom stereocenters. The number of aliphatic hydroxyl groups is 2. The maximum atomic E-state index is 12.2. The highest BCUT2D eigenvalue weighted by molar-refractivity contribution is 6.34. The van der Waals surface area contributed by atoms with Crippen molar-refractivity contribution in [2.45, 2.75) is 25.0 Å². The molecule has 1 saturated heterocycles. The van der Waals surface area contributed by atoms with E-state index in [4.69, 9.17) is 23.2 Å². The van der Waals surface area contributed by atoms with E-state index in [0.29, 0.717) is 22.2 Å². The van der Waals surface area contributed by atoms with Gasteiger partial charge in [-0.25, -0.2) is 0 Å². The second-order valence-corrected chi connectivity index (χ2v) is 5.49. The number of likely N-dealkylation sites (tertiary alicyclic amines) is 1. The number of hydrogen-bond acceptors (Lipinski definition) is 3. The van der Waals surface area contributed by atoms with Crippen molar-refractivity contribution in [3.8, 4) is 0 Å². The van der Waals surface area contributed by atoms with Crippen LogP contribution in [0.1, 0.15) is 24.5 Å². The first-order valence-electron chi connectivity index (χ1n) is 6.08. The van der Waals surface area contributed by atoms with Crippen molar-refractivity contribution >= 4 is 29.1 Å². The maximum absolute atomic E-state index is 12.2. The molecule has 19 heavy (non-hydrogen) atoms. The molecule has 0 radical (unpaired) electrons. The van der Waals surface area contributed by atoms with Crippen LogP contribution in [-0.2, 0) is 4.79 Å². The fourth-order valence-electron chi connectivity index (χ4n) is 2.35. The lowest BCUT2D eigenvalue weighted by Gasteiger charge is -2.25. The molecule has 4 nitrogen and oxygen atoms in total. The Balaban J connectivity index is 2.18. The molecular formula is C13H15Cl2NO3. The van der Waals surface area contributed by atoms with E-state index in [1.165, 1.54) is 23.1 Å². The first-order valence-corrected chi connectivity index (χ1v) is 6.84. The van der Waals surface area contributed by atoms with Crippen LogP contribution in [0.5, 0.6) is 0 Å². The van der Waals surface area contributed by atoms with E-state index in [-0.39, 0.29) is 12.6 Å². The van der Waals surface area contributed by atoms with Crippen LogP contribution in [-0.4, -0.2) is 40.2 Å². The lowest BCUT2D eigenvalue weighted by molar-refractivity contribution is -0.142. The average molecular weight is 304 g/mol. The number of rotatable bonds is 3. The minimum absolute atomic E-state index is 0.0885. The topological polar surface area (TPSA) is 60.8 Å². The number of halogens is 2. The van der Waals surface area contributed by atoms with Crippen molar-refractivity contribution in [3.63, 3.8) is 0 Å². The van der Waals surface area contributed by atoms with Crippen LogP contribution >= 0.6 is 23.2 Å². The van der Waals surface area contributed by atoms with Gasteiger partial charge in [0.1, 0.15) is 0 Å². The Kier molecular flexibility index (Phi) is 4.68. The van der Waals surface area contributed by atoms with Crippen molar-refractivity contribution in [1.82, 2.24) is 4.90 Å². The molecule has 1 aliphatic heterocycles. The van der Waals surface area contributed by atoms with Gasteiger partial charge in [0.15, 0.2) is 6.10 Å². The van der Waals surface area contributed by atoms with Crippen molar-refractivity contribution in [2.24, 2.45) is 0 Å². The Morgan fingerprint density at radius 1 is 1.37 bits per heavy atom. The van der Waals surface area contributed by atoms with Crippen LogP contribution in [0.4, 0.5) is 0 Å². The van der Waals surface area contributed by atoms with Crippen molar-refractivity contribution < 1.29 is 15.0 Å². The number of hydrogen-bond donors (Lipinski definition) is 2. The lowest BCUT2D eigenvalue weighted by Crippen LogP contribution is -2.40. The van der Waals surface area contributed by atoms with Gasteiger partial charge in [0.05, 0.1) is 12.6 Å². The summed E-state index contributed by atoms with van der Waals surface area (Å²) in [7, 11) is 0. The van der Waals surface area contributed by atoms with Gasteiger partial charge in [0, 0.05) is 16.6 Å². The van der Waals surface area contributed by atoms with E-state index in [9.17, 15) is 15.0 Å². The van der Waals surface area contributed by atoms with Crippen LogP contribution in [0.25, 0.3) is 0 Å². The predicted octanol–water partition coefficient (Wildman–Crippen LogP) is 2.01. The summed E-state index contributed by atoms with van der Waals surface area (Å²) >= 11 is 11.7. The molecule has 2 rings (SSSR count). The van der Waals surface area contributed by atoms with Crippen LogP contribution in [0.3, 0.4) is 0 Å². The highest BCUT2D eigenvalue weighted by Gasteiger charge is 2.32. The van der Waals surface area contributed by atoms with Crippen LogP contribution in [0.15, 0.2) is 18.2 Å². The molecule has 6 heteroatoms. The average Bonchev–Trinajstić information content (AvgIpc) is 2.84. The normalized spacial score (nSPS) is 20.6. The molecule has 1 amide bonds. The molecular weight excluding hydrogens is 289 g/mol. The van der Waals surface area contributed by atoms with Crippen molar-refractivity contribution in [2.75, 3.05) is 13.2 Å². The molecule has 1 fully saturated rings. The molecule has 1 heterocycles. The second kappa shape index (κ2) is 6.09. The standard InChI is InChI=1S/C13H15Cl2NO3/c14-9-4-8(5-10(15)6-9)12(18)13(19)16-3-1-2-11(16)7-17/h4-6,11-12,17-18H,1-3,7H2/t11-,12-/m1/s1. The maximum Gasteiger partial charge on any atom is 0.256 e. The summed E-state index contributed by atoms with van der Waals surface area (Å²) in [5.41, 5.74) is 0.367. The minimum atomic E-state index is -1.30. The van der Waals surface area contributed by atoms with Gasteiger partial charge in [0.2, 0.25) is 0 Å². The fraction of sp³-hybridized carbons (Fsp3) is 0.462. The molecule has 0 saturated carbocycles. The molecule has 1 aromatic rings.